The van der Waals surface area contributed by atoms with Gasteiger partial charge >= 0.3 is 6.09 Å². The van der Waals surface area contributed by atoms with Crippen LogP contribution >= 0.6 is 0 Å². The predicted octanol–water partition coefficient (Wildman–Crippen LogP) is 1.83. The number of alkyl carbamates (subject to hydrolysis) is 1. The summed E-state index contributed by atoms with van der Waals surface area (Å²) in [5.41, 5.74) is 0.590. The Balaban J connectivity index is 2.66. The smallest absolute Gasteiger partial charge is 0.407 e. The van der Waals surface area contributed by atoms with Crippen LogP contribution in [0.25, 0.3) is 0 Å². The van der Waals surface area contributed by atoms with Gasteiger partial charge in [-0.3, -0.25) is 4.79 Å². The molecule has 0 heterocycles. The number of carbonyl (C=O) groups excluding carboxylic acids is 2. The van der Waals surface area contributed by atoms with Crippen LogP contribution in [0.5, 0.6) is 5.75 Å². The Morgan fingerprint density at radius 2 is 1.95 bits per heavy atom. The van der Waals surface area contributed by atoms with Gasteiger partial charge in [0.2, 0.25) is 5.91 Å². The quantitative estimate of drug-likeness (QED) is 0.840. The molecule has 2 N–H and O–H groups in total. The summed E-state index contributed by atoms with van der Waals surface area (Å²) in [5, 5.41) is 5.12. The number of benzene rings is 1. The van der Waals surface area contributed by atoms with Gasteiger partial charge < -0.3 is 20.1 Å². The van der Waals surface area contributed by atoms with E-state index >= 15 is 0 Å². The molecule has 122 valence electrons. The van der Waals surface area contributed by atoms with E-state index in [1.165, 1.54) is 26.4 Å². The van der Waals surface area contributed by atoms with Gasteiger partial charge in [0.15, 0.2) is 11.6 Å². The predicted molar refractivity (Wildman–Crippen MR) is 79.0 cm³/mol. The maximum absolute atomic E-state index is 13.6. The zero-order valence-electron chi connectivity index (χ0n) is 13.1. The van der Waals surface area contributed by atoms with Crippen molar-refractivity contribution in [3.63, 3.8) is 0 Å². The topological polar surface area (TPSA) is 76.7 Å². The third-order valence-electron chi connectivity index (χ3n) is 3.09. The molecule has 0 saturated heterocycles. The van der Waals surface area contributed by atoms with Crippen molar-refractivity contribution in [2.24, 2.45) is 5.92 Å². The van der Waals surface area contributed by atoms with E-state index in [2.05, 4.69) is 15.4 Å². The number of hydrogen-bond acceptors (Lipinski definition) is 4. The largest absolute Gasteiger partial charge is 0.494 e. The molecule has 0 bridgehead atoms. The normalized spacial score (nSPS) is 11.7. The van der Waals surface area contributed by atoms with Gasteiger partial charge in [0.25, 0.3) is 0 Å². The second-order valence-corrected chi connectivity index (χ2v) is 5.04. The van der Waals surface area contributed by atoms with Crippen molar-refractivity contribution in [2.45, 2.75) is 26.4 Å². The van der Waals surface area contributed by atoms with Crippen LogP contribution in [0.1, 0.15) is 19.4 Å². The summed E-state index contributed by atoms with van der Waals surface area (Å²) >= 11 is 0. The monoisotopic (exact) mass is 312 g/mol. The molecule has 1 atom stereocenters. The van der Waals surface area contributed by atoms with E-state index in [-0.39, 0.29) is 24.1 Å². The van der Waals surface area contributed by atoms with Crippen LogP contribution < -0.4 is 15.4 Å². The van der Waals surface area contributed by atoms with Crippen LogP contribution in [-0.2, 0) is 16.1 Å². The molecule has 0 fully saturated rings. The average Bonchev–Trinajstić information content (AvgIpc) is 2.49. The molecule has 0 aliphatic rings. The average molecular weight is 312 g/mol. The molecule has 1 rings (SSSR count). The van der Waals surface area contributed by atoms with Crippen molar-refractivity contribution >= 4 is 12.0 Å². The Morgan fingerprint density at radius 1 is 1.27 bits per heavy atom. The second-order valence-electron chi connectivity index (χ2n) is 5.04. The number of halogens is 1. The van der Waals surface area contributed by atoms with E-state index in [1.807, 2.05) is 0 Å². The lowest BCUT2D eigenvalue weighted by atomic mass is 10.0. The number of ether oxygens (including phenoxy) is 2. The summed E-state index contributed by atoms with van der Waals surface area (Å²) in [6.45, 7) is 3.74. The van der Waals surface area contributed by atoms with Crippen molar-refractivity contribution in [3.8, 4) is 5.75 Å². The lowest BCUT2D eigenvalue weighted by Gasteiger charge is -2.21. The van der Waals surface area contributed by atoms with Crippen LogP contribution in [0.2, 0.25) is 0 Å². The van der Waals surface area contributed by atoms with Crippen LogP contribution in [0.15, 0.2) is 18.2 Å². The maximum Gasteiger partial charge on any atom is 0.407 e. The van der Waals surface area contributed by atoms with Gasteiger partial charge in [-0.15, -0.1) is 0 Å². The van der Waals surface area contributed by atoms with Crippen LogP contribution in [0.4, 0.5) is 9.18 Å². The molecule has 0 aromatic heterocycles. The molecule has 1 unspecified atom stereocenters. The van der Waals surface area contributed by atoms with E-state index in [0.717, 1.165) is 0 Å². The van der Waals surface area contributed by atoms with E-state index < -0.39 is 18.0 Å². The minimum Gasteiger partial charge on any atom is -0.494 e. The molecule has 0 spiro atoms. The van der Waals surface area contributed by atoms with E-state index in [0.29, 0.717) is 5.56 Å². The molecular weight excluding hydrogens is 291 g/mol. The van der Waals surface area contributed by atoms with E-state index in [1.54, 1.807) is 19.9 Å². The first-order valence-electron chi connectivity index (χ1n) is 6.83. The second kappa shape index (κ2) is 8.21. The highest BCUT2D eigenvalue weighted by Gasteiger charge is 2.24. The van der Waals surface area contributed by atoms with Gasteiger partial charge in [-0.25, -0.2) is 9.18 Å². The Kier molecular flexibility index (Phi) is 6.62. The van der Waals surface area contributed by atoms with Gasteiger partial charge in [0.1, 0.15) is 6.04 Å². The summed E-state index contributed by atoms with van der Waals surface area (Å²) in [7, 11) is 2.61. The van der Waals surface area contributed by atoms with Crippen molar-refractivity contribution in [3.05, 3.63) is 29.6 Å². The summed E-state index contributed by atoms with van der Waals surface area (Å²) in [4.78, 5) is 23.4. The summed E-state index contributed by atoms with van der Waals surface area (Å²) < 4.78 is 22.9. The van der Waals surface area contributed by atoms with Crippen molar-refractivity contribution < 1.29 is 23.5 Å². The number of rotatable bonds is 6. The molecule has 0 aliphatic carbocycles. The number of carbonyl (C=O) groups is 2. The third kappa shape index (κ3) is 4.91. The molecule has 2 amide bonds. The molecule has 0 aliphatic heterocycles. The standard InChI is InChI=1S/C15H21FN2O4/c1-9(2)13(18-15(20)22-4)14(19)17-8-10-5-6-12(21-3)11(16)7-10/h5-7,9,13H,8H2,1-4H3,(H,17,19)(H,18,20). The summed E-state index contributed by atoms with van der Waals surface area (Å²) in [6.07, 6.45) is -0.677. The summed E-state index contributed by atoms with van der Waals surface area (Å²) in [6, 6.07) is 3.71. The first-order chi connectivity index (χ1) is 10.4. The molecule has 1 aromatic rings. The minimum atomic E-state index is -0.726. The fourth-order valence-corrected chi connectivity index (χ4v) is 1.84. The van der Waals surface area contributed by atoms with Gasteiger partial charge in [-0.05, 0) is 23.6 Å². The number of amides is 2. The Hall–Kier alpha value is -2.31. The third-order valence-corrected chi connectivity index (χ3v) is 3.09. The highest BCUT2D eigenvalue weighted by molar-refractivity contribution is 5.85. The molecule has 22 heavy (non-hydrogen) atoms. The van der Waals surface area contributed by atoms with Gasteiger partial charge in [0, 0.05) is 6.54 Å². The molecule has 6 nitrogen and oxygen atoms in total. The number of hydrogen-bond donors (Lipinski definition) is 2. The Bertz CT molecular complexity index is 534. The van der Waals surface area contributed by atoms with E-state index in [9.17, 15) is 14.0 Å². The van der Waals surface area contributed by atoms with Gasteiger partial charge in [-0.1, -0.05) is 19.9 Å². The summed E-state index contributed by atoms with van der Waals surface area (Å²) in [5.74, 6) is -0.840. The van der Waals surface area contributed by atoms with Crippen molar-refractivity contribution in [2.75, 3.05) is 14.2 Å². The fourth-order valence-electron chi connectivity index (χ4n) is 1.84. The highest BCUT2D eigenvalue weighted by Crippen LogP contribution is 2.17. The first kappa shape index (κ1) is 17.7. The zero-order chi connectivity index (χ0) is 16.7. The lowest BCUT2D eigenvalue weighted by molar-refractivity contribution is -0.124. The zero-order valence-corrected chi connectivity index (χ0v) is 13.1. The van der Waals surface area contributed by atoms with Crippen molar-refractivity contribution in [1.82, 2.24) is 10.6 Å². The first-order valence-corrected chi connectivity index (χ1v) is 6.83. The SMILES string of the molecule is COC(=O)NC(C(=O)NCc1ccc(OC)c(F)c1)C(C)C. The van der Waals surface area contributed by atoms with E-state index in [4.69, 9.17) is 4.74 Å². The molecule has 0 radical (unpaired) electrons. The number of nitrogens with one attached hydrogen (secondary N) is 2. The van der Waals surface area contributed by atoms with Crippen LogP contribution in [0.3, 0.4) is 0 Å². The fraction of sp³-hybridized carbons (Fsp3) is 0.467. The molecular formula is C15H21FN2O4. The van der Waals surface area contributed by atoms with Gasteiger partial charge in [0.05, 0.1) is 14.2 Å². The highest BCUT2D eigenvalue weighted by atomic mass is 19.1. The molecule has 1 aromatic carbocycles. The Morgan fingerprint density at radius 3 is 2.45 bits per heavy atom. The van der Waals surface area contributed by atoms with Crippen LogP contribution in [0, 0.1) is 11.7 Å². The lowest BCUT2D eigenvalue weighted by Crippen LogP contribution is -2.49. The van der Waals surface area contributed by atoms with Gasteiger partial charge in [-0.2, -0.15) is 0 Å². The minimum absolute atomic E-state index is 0.119. The maximum atomic E-state index is 13.6. The molecule has 0 saturated carbocycles. The van der Waals surface area contributed by atoms with Crippen molar-refractivity contribution in [1.29, 1.82) is 0 Å². The Labute approximate surface area is 129 Å². The van der Waals surface area contributed by atoms with Crippen LogP contribution in [-0.4, -0.2) is 32.3 Å². The molecule has 7 heteroatoms. The number of methoxy groups -OCH3 is 2.